The van der Waals surface area contributed by atoms with E-state index < -0.39 is 5.97 Å². The molecule has 1 aromatic rings. The molecule has 1 saturated heterocycles. The first-order valence-corrected chi connectivity index (χ1v) is 6.31. The lowest BCUT2D eigenvalue weighted by atomic mass is 10.3. The highest BCUT2D eigenvalue weighted by Gasteiger charge is 2.18. The standard InChI is InChI=1S/C12H20N4O2/c1-3-16-10(8-11(13-16)12(17)18)9-15-6-4-14(2)5-7-15/h8H,3-7,9H2,1-2H3,(H,17,18). The lowest BCUT2D eigenvalue weighted by molar-refractivity contribution is 0.0689. The molecule has 6 nitrogen and oxygen atoms in total. The van der Waals surface area contributed by atoms with Crippen molar-refractivity contribution in [2.75, 3.05) is 33.2 Å². The third-order valence-electron chi connectivity index (χ3n) is 3.36. The molecule has 0 aliphatic carbocycles. The van der Waals surface area contributed by atoms with Crippen LogP contribution in [0.25, 0.3) is 0 Å². The van der Waals surface area contributed by atoms with Gasteiger partial charge in [0, 0.05) is 39.3 Å². The Morgan fingerprint density at radius 3 is 2.61 bits per heavy atom. The molecule has 0 saturated carbocycles. The van der Waals surface area contributed by atoms with E-state index in [-0.39, 0.29) is 5.69 Å². The van der Waals surface area contributed by atoms with E-state index in [1.807, 2.05) is 6.92 Å². The molecule has 0 radical (unpaired) electrons. The molecule has 1 aliphatic heterocycles. The summed E-state index contributed by atoms with van der Waals surface area (Å²) in [5.74, 6) is -0.957. The van der Waals surface area contributed by atoms with Gasteiger partial charge in [0.2, 0.25) is 0 Å². The monoisotopic (exact) mass is 252 g/mol. The van der Waals surface area contributed by atoms with Gasteiger partial charge in [0.15, 0.2) is 5.69 Å². The number of aromatic nitrogens is 2. The number of nitrogens with zero attached hydrogens (tertiary/aromatic N) is 4. The first-order chi connectivity index (χ1) is 8.60. The summed E-state index contributed by atoms with van der Waals surface area (Å²) in [6, 6.07) is 1.68. The molecule has 1 N–H and O–H groups in total. The number of carboxylic acids is 1. The summed E-state index contributed by atoms with van der Waals surface area (Å²) in [7, 11) is 2.12. The molecule has 100 valence electrons. The molecule has 2 rings (SSSR count). The smallest absolute Gasteiger partial charge is 0.356 e. The number of hydrogen-bond donors (Lipinski definition) is 1. The number of likely N-dealkylation sites (N-methyl/N-ethyl adjacent to an activating group) is 1. The van der Waals surface area contributed by atoms with E-state index >= 15 is 0 Å². The maximum absolute atomic E-state index is 10.9. The van der Waals surface area contributed by atoms with Crippen molar-refractivity contribution in [3.8, 4) is 0 Å². The Balaban J connectivity index is 2.06. The average Bonchev–Trinajstić information content (AvgIpc) is 2.75. The van der Waals surface area contributed by atoms with Crippen molar-refractivity contribution in [3.63, 3.8) is 0 Å². The molecule has 1 fully saturated rings. The van der Waals surface area contributed by atoms with E-state index in [1.165, 1.54) is 0 Å². The number of rotatable bonds is 4. The van der Waals surface area contributed by atoms with Gasteiger partial charge < -0.3 is 10.0 Å². The molecular formula is C12H20N4O2. The van der Waals surface area contributed by atoms with Crippen molar-refractivity contribution in [2.24, 2.45) is 0 Å². The van der Waals surface area contributed by atoms with Gasteiger partial charge in [0.1, 0.15) is 0 Å². The number of hydrogen-bond acceptors (Lipinski definition) is 4. The summed E-state index contributed by atoms with van der Waals surface area (Å²) in [4.78, 5) is 15.6. The van der Waals surface area contributed by atoms with Crippen LogP contribution in [0.15, 0.2) is 6.07 Å². The van der Waals surface area contributed by atoms with Gasteiger partial charge >= 0.3 is 5.97 Å². The number of carboxylic acid groups (broad SMARTS) is 1. The van der Waals surface area contributed by atoms with Gasteiger partial charge in [-0.2, -0.15) is 5.10 Å². The van der Waals surface area contributed by atoms with Gasteiger partial charge in [-0.25, -0.2) is 4.79 Å². The van der Waals surface area contributed by atoms with E-state index in [9.17, 15) is 4.79 Å². The van der Waals surface area contributed by atoms with Crippen LogP contribution in [0.2, 0.25) is 0 Å². The number of carbonyl (C=O) groups is 1. The first-order valence-electron chi connectivity index (χ1n) is 6.31. The molecule has 1 aliphatic rings. The van der Waals surface area contributed by atoms with Gasteiger partial charge in [-0.1, -0.05) is 0 Å². The van der Waals surface area contributed by atoms with Gasteiger partial charge in [-0.15, -0.1) is 0 Å². The van der Waals surface area contributed by atoms with E-state index in [0.717, 1.165) is 38.4 Å². The molecule has 0 amide bonds. The van der Waals surface area contributed by atoms with Crippen LogP contribution in [0.4, 0.5) is 0 Å². The molecule has 0 spiro atoms. The minimum absolute atomic E-state index is 0.140. The number of aromatic carboxylic acids is 1. The topological polar surface area (TPSA) is 61.6 Å². The largest absolute Gasteiger partial charge is 0.476 e. The van der Waals surface area contributed by atoms with E-state index in [2.05, 4.69) is 21.9 Å². The second-order valence-corrected chi connectivity index (χ2v) is 4.72. The minimum Gasteiger partial charge on any atom is -0.476 e. The molecule has 2 heterocycles. The molecule has 0 unspecified atom stereocenters. The second kappa shape index (κ2) is 5.49. The predicted molar refractivity (Wildman–Crippen MR) is 67.6 cm³/mol. The van der Waals surface area contributed by atoms with Gasteiger partial charge in [0.05, 0.1) is 5.69 Å². The summed E-state index contributed by atoms with van der Waals surface area (Å²) in [6.45, 7) is 7.63. The molecule has 18 heavy (non-hydrogen) atoms. The molecule has 1 aromatic heterocycles. The van der Waals surface area contributed by atoms with E-state index in [0.29, 0.717) is 6.54 Å². The third kappa shape index (κ3) is 2.88. The molecular weight excluding hydrogens is 232 g/mol. The Bertz CT molecular complexity index is 422. The zero-order chi connectivity index (χ0) is 13.1. The highest BCUT2D eigenvalue weighted by atomic mass is 16.4. The summed E-state index contributed by atoms with van der Waals surface area (Å²) in [5.41, 5.74) is 1.13. The van der Waals surface area contributed by atoms with Crippen LogP contribution in [0.1, 0.15) is 23.1 Å². The third-order valence-corrected chi connectivity index (χ3v) is 3.36. The van der Waals surface area contributed by atoms with Gasteiger partial charge in [0.25, 0.3) is 0 Å². The zero-order valence-corrected chi connectivity index (χ0v) is 11.0. The zero-order valence-electron chi connectivity index (χ0n) is 11.0. The van der Waals surface area contributed by atoms with Crippen molar-refractivity contribution in [1.29, 1.82) is 0 Å². The van der Waals surface area contributed by atoms with E-state index in [4.69, 9.17) is 5.11 Å². The Morgan fingerprint density at radius 1 is 1.39 bits per heavy atom. The van der Waals surface area contributed by atoms with Crippen molar-refractivity contribution < 1.29 is 9.90 Å². The maximum atomic E-state index is 10.9. The van der Waals surface area contributed by atoms with Crippen LogP contribution < -0.4 is 0 Å². The van der Waals surface area contributed by atoms with Crippen molar-refractivity contribution in [1.82, 2.24) is 19.6 Å². The summed E-state index contributed by atoms with van der Waals surface area (Å²) >= 11 is 0. The highest BCUT2D eigenvalue weighted by Crippen LogP contribution is 2.10. The Morgan fingerprint density at radius 2 is 2.06 bits per heavy atom. The summed E-state index contributed by atoms with van der Waals surface area (Å²) < 4.78 is 1.78. The van der Waals surface area contributed by atoms with Crippen LogP contribution in [-0.4, -0.2) is 63.9 Å². The summed E-state index contributed by atoms with van der Waals surface area (Å²) in [5, 5.41) is 13.1. The lowest BCUT2D eigenvalue weighted by Gasteiger charge is -2.32. The second-order valence-electron chi connectivity index (χ2n) is 4.72. The van der Waals surface area contributed by atoms with Crippen LogP contribution in [0.5, 0.6) is 0 Å². The van der Waals surface area contributed by atoms with Crippen LogP contribution in [-0.2, 0) is 13.1 Å². The number of aryl methyl sites for hydroxylation is 1. The minimum atomic E-state index is -0.957. The molecule has 0 aromatic carbocycles. The fourth-order valence-corrected chi connectivity index (χ4v) is 2.20. The number of piperazine rings is 1. The first kappa shape index (κ1) is 13.0. The Kier molecular flexibility index (Phi) is 3.98. The highest BCUT2D eigenvalue weighted by molar-refractivity contribution is 5.85. The van der Waals surface area contributed by atoms with Crippen molar-refractivity contribution in [3.05, 3.63) is 17.5 Å². The van der Waals surface area contributed by atoms with E-state index in [1.54, 1.807) is 10.7 Å². The predicted octanol–water partition coefficient (Wildman–Crippen LogP) is 0.349. The van der Waals surface area contributed by atoms with Crippen LogP contribution in [0, 0.1) is 0 Å². The van der Waals surface area contributed by atoms with Crippen molar-refractivity contribution >= 4 is 5.97 Å². The normalized spacial score (nSPS) is 18.1. The lowest BCUT2D eigenvalue weighted by Crippen LogP contribution is -2.44. The molecule has 0 bridgehead atoms. The van der Waals surface area contributed by atoms with Crippen molar-refractivity contribution in [2.45, 2.75) is 20.0 Å². The average molecular weight is 252 g/mol. The van der Waals surface area contributed by atoms with Gasteiger partial charge in [-0.05, 0) is 20.0 Å². The Hall–Kier alpha value is -1.40. The molecule has 6 heteroatoms. The summed E-state index contributed by atoms with van der Waals surface area (Å²) in [6.07, 6.45) is 0. The fourth-order valence-electron chi connectivity index (χ4n) is 2.20. The maximum Gasteiger partial charge on any atom is 0.356 e. The fraction of sp³-hybridized carbons (Fsp3) is 0.667. The Labute approximate surface area is 107 Å². The quantitative estimate of drug-likeness (QED) is 0.837. The van der Waals surface area contributed by atoms with Crippen LogP contribution >= 0.6 is 0 Å². The van der Waals surface area contributed by atoms with Gasteiger partial charge in [-0.3, -0.25) is 9.58 Å². The SMILES string of the molecule is CCn1nc(C(=O)O)cc1CN1CCN(C)CC1. The molecule has 0 atom stereocenters. The van der Waals surface area contributed by atoms with Crippen LogP contribution in [0.3, 0.4) is 0 Å².